The first-order chi connectivity index (χ1) is 9.13. The fraction of sp³-hybridized carbons (Fsp3) is 0.583. The van der Waals surface area contributed by atoms with Gasteiger partial charge < -0.3 is 20.7 Å². The highest BCUT2D eigenvalue weighted by Gasteiger charge is 2.20. The molecule has 1 atom stereocenters. The third-order valence-corrected chi connectivity index (χ3v) is 2.21. The van der Waals surface area contributed by atoms with Crippen LogP contribution in [-0.4, -0.2) is 46.6 Å². The van der Waals surface area contributed by atoms with Crippen LogP contribution in [0.15, 0.2) is 12.5 Å². The molecule has 1 heterocycles. The van der Waals surface area contributed by atoms with Crippen molar-refractivity contribution in [3.05, 3.63) is 18.2 Å². The lowest BCUT2D eigenvalue weighted by atomic mass is 10.1. The van der Waals surface area contributed by atoms with Gasteiger partial charge in [0.25, 0.3) is 0 Å². The quantitative estimate of drug-likeness (QED) is 0.564. The zero-order valence-corrected chi connectivity index (χ0v) is 11.6. The number of hydrogen-bond donors (Lipinski definition) is 4. The second-order valence-corrected chi connectivity index (χ2v) is 3.59. The minimum Gasteiger partial charge on any atom is -0.480 e. The summed E-state index contributed by atoms with van der Waals surface area (Å²) in [6.45, 7) is 4.52. The van der Waals surface area contributed by atoms with Gasteiger partial charge in [-0.15, -0.1) is 0 Å². The highest BCUT2D eigenvalue weighted by atomic mass is 16.4. The maximum atomic E-state index is 11.4. The lowest BCUT2D eigenvalue weighted by Gasteiger charge is -2.13. The average molecular weight is 270 g/mol. The maximum absolute atomic E-state index is 11.4. The van der Waals surface area contributed by atoms with Gasteiger partial charge in [0.05, 0.1) is 6.33 Å². The molecule has 7 nitrogen and oxygen atoms in total. The summed E-state index contributed by atoms with van der Waals surface area (Å²) in [5.41, 5.74) is 0.673. The summed E-state index contributed by atoms with van der Waals surface area (Å²) in [4.78, 5) is 29.0. The van der Waals surface area contributed by atoms with Crippen molar-refractivity contribution in [2.45, 2.75) is 32.7 Å². The molecule has 108 valence electrons. The number of carbonyl (C=O) groups excluding carboxylic acids is 1. The van der Waals surface area contributed by atoms with Crippen LogP contribution in [-0.2, 0) is 16.0 Å². The molecule has 0 aromatic carbocycles. The van der Waals surface area contributed by atoms with Crippen molar-refractivity contribution in [1.29, 1.82) is 0 Å². The van der Waals surface area contributed by atoms with E-state index in [2.05, 4.69) is 20.6 Å². The molecule has 0 unspecified atom stereocenters. The van der Waals surface area contributed by atoms with Crippen molar-refractivity contribution < 1.29 is 14.7 Å². The summed E-state index contributed by atoms with van der Waals surface area (Å²) in [6, 6.07) is -0.931. The number of carboxylic acid groups (broad SMARTS) is 1. The van der Waals surface area contributed by atoms with Gasteiger partial charge in [0, 0.05) is 31.3 Å². The Morgan fingerprint density at radius 1 is 1.47 bits per heavy atom. The van der Waals surface area contributed by atoms with Gasteiger partial charge >= 0.3 is 5.97 Å². The first kappa shape index (κ1) is 17.1. The Balaban J connectivity index is 0.00000154. The summed E-state index contributed by atoms with van der Waals surface area (Å²) in [7, 11) is 1.73. The van der Waals surface area contributed by atoms with Crippen LogP contribution in [0.4, 0.5) is 0 Å². The average Bonchev–Trinajstić information content (AvgIpc) is 2.90. The first-order valence-corrected chi connectivity index (χ1v) is 6.27. The minimum absolute atomic E-state index is 0.195. The predicted molar refractivity (Wildman–Crippen MR) is 71.7 cm³/mol. The number of amides is 1. The van der Waals surface area contributed by atoms with Crippen molar-refractivity contribution in [2.24, 2.45) is 0 Å². The van der Waals surface area contributed by atoms with Crippen LogP contribution in [0.1, 0.15) is 26.0 Å². The van der Waals surface area contributed by atoms with E-state index in [4.69, 9.17) is 5.11 Å². The smallest absolute Gasteiger partial charge is 0.326 e. The number of nitrogens with one attached hydrogen (secondary N) is 3. The van der Waals surface area contributed by atoms with E-state index in [1.165, 1.54) is 12.5 Å². The summed E-state index contributed by atoms with van der Waals surface area (Å²) in [5, 5.41) is 14.3. The van der Waals surface area contributed by atoms with Crippen LogP contribution in [0.25, 0.3) is 0 Å². The summed E-state index contributed by atoms with van der Waals surface area (Å²) < 4.78 is 0. The second kappa shape index (κ2) is 10.1. The number of carboxylic acids is 1. The molecule has 0 radical (unpaired) electrons. The van der Waals surface area contributed by atoms with E-state index >= 15 is 0 Å². The van der Waals surface area contributed by atoms with Crippen LogP contribution >= 0.6 is 0 Å². The van der Waals surface area contributed by atoms with Gasteiger partial charge in [0.1, 0.15) is 6.04 Å². The van der Waals surface area contributed by atoms with E-state index in [0.717, 1.165) is 0 Å². The molecule has 0 aliphatic heterocycles. The van der Waals surface area contributed by atoms with Crippen molar-refractivity contribution in [3.8, 4) is 0 Å². The number of aromatic nitrogens is 2. The number of aromatic amines is 1. The van der Waals surface area contributed by atoms with E-state index in [9.17, 15) is 9.59 Å². The maximum Gasteiger partial charge on any atom is 0.326 e. The molecule has 7 heteroatoms. The lowest BCUT2D eigenvalue weighted by molar-refractivity contribution is -0.141. The van der Waals surface area contributed by atoms with Gasteiger partial charge in [0.2, 0.25) is 5.91 Å². The van der Waals surface area contributed by atoms with E-state index in [-0.39, 0.29) is 18.7 Å². The monoisotopic (exact) mass is 270 g/mol. The molecule has 0 bridgehead atoms. The highest BCUT2D eigenvalue weighted by molar-refractivity contribution is 5.83. The molecular weight excluding hydrogens is 248 g/mol. The first-order valence-electron chi connectivity index (χ1n) is 6.27. The molecular formula is C12H22N4O3. The zero-order chi connectivity index (χ0) is 14.7. The number of rotatable bonds is 7. The van der Waals surface area contributed by atoms with Crippen LogP contribution in [0, 0.1) is 0 Å². The van der Waals surface area contributed by atoms with Gasteiger partial charge in [-0.05, 0) is 7.05 Å². The van der Waals surface area contributed by atoms with Crippen molar-refractivity contribution in [2.75, 3.05) is 13.6 Å². The fourth-order valence-corrected chi connectivity index (χ4v) is 1.32. The SMILES string of the molecule is CC.CNCCC(=O)N[C@@H](Cc1cnc[nH]1)C(=O)O. The van der Waals surface area contributed by atoms with Gasteiger partial charge in [-0.1, -0.05) is 13.8 Å². The molecule has 0 fully saturated rings. The number of nitrogens with zero attached hydrogens (tertiary/aromatic N) is 1. The third kappa shape index (κ3) is 7.20. The summed E-state index contributed by atoms with van der Waals surface area (Å²) >= 11 is 0. The number of imidazole rings is 1. The van der Waals surface area contributed by atoms with Crippen molar-refractivity contribution in [1.82, 2.24) is 20.6 Å². The molecule has 1 aromatic rings. The second-order valence-electron chi connectivity index (χ2n) is 3.59. The van der Waals surface area contributed by atoms with Gasteiger partial charge in [-0.3, -0.25) is 4.79 Å². The molecule has 0 saturated heterocycles. The largest absolute Gasteiger partial charge is 0.480 e. The highest BCUT2D eigenvalue weighted by Crippen LogP contribution is 1.99. The zero-order valence-electron chi connectivity index (χ0n) is 11.6. The van der Waals surface area contributed by atoms with Crippen molar-refractivity contribution in [3.63, 3.8) is 0 Å². The number of hydrogen-bond acceptors (Lipinski definition) is 4. The van der Waals surface area contributed by atoms with Crippen LogP contribution in [0.3, 0.4) is 0 Å². The Bertz CT molecular complexity index is 365. The Hall–Kier alpha value is -1.89. The molecule has 19 heavy (non-hydrogen) atoms. The normalized spacial score (nSPS) is 11.1. The lowest BCUT2D eigenvalue weighted by Crippen LogP contribution is -2.43. The molecule has 0 aliphatic rings. The fourth-order valence-electron chi connectivity index (χ4n) is 1.32. The number of H-pyrrole nitrogens is 1. The van der Waals surface area contributed by atoms with Gasteiger partial charge in [-0.2, -0.15) is 0 Å². The topological polar surface area (TPSA) is 107 Å². The standard InChI is InChI=1S/C10H16N4O3.C2H6/c1-11-3-2-9(15)14-8(10(16)17)4-7-5-12-6-13-7;1-2/h5-6,8,11H,2-4H2,1H3,(H,12,13)(H,14,15)(H,16,17);1-2H3/t8-;/m0./s1. The molecule has 0 spiro atoms. The van der Waals surface area contributed by atoms with Crippen molar-refractivity contribution >= 4 is 11.9 Å². The Morgan fingerprint density at radius 2 is 2.16 bits per heavy atom. The third-order valence-electron chi connectivity index (χ3n) is 2.21. The van der Waals surface area contributed by atoms with E-state index in [0.29, 0.717) is 12.2 Å². The Morgan fingerprint density at radius 3 is 2.63 bits per heavy atom. The van der Waals surface area contributed by atoms with Gasteiger partial charge in [0.15, 0.2) is 0 Å². The van der Waals surface area contributed by atoms with E-state index < -0.39 is 12.0 Å². The van der Waals surface area contributed by atoms with Crippen LogP contribution in [0.2, 0.25) is 0 Å². The molecule has 1 amide bonds. The number of aliphatic carboxylic acids is 1. The summed E-state index contributed by atoms with van der Waals surface area (Å²) in [6.07, 6.45) is 3.46. The Labute approximate surface area is 112 Å². The number of carbonyl (C=O) groups is 2. The molecule has 1 rings (SSSR count). The van der Waals surface area contributed by atoms with Gasteiger partial charge in [-0.25, -0.2) is 9.78 Å². The van der Waals surface area contributed by atoms with Crippen LogP contribution < -0.4 is 10.6 Å². The van der Waals surface area contributed by atoms with Crippen LogP contribution in [0.5, 0.6) is 0 Å². The Kier molecular flexibility index (Phi) is 9.07. The molecule has 0 aliphatic carbocycles. The molecule has 4 N–H and O–H groups in total. The van der Waals surface area contributed by atoms with E-state index in [1.54, 1.807) is 7.05 Å². The minimum atomic E-state index is -1.06. The molecule has 0 saturated carbocycles. The molecule has 1 aromatic heterocycles. The predicted octanol–water partition coefficient (Wildman–Crippen LogP) is 0.157. The summed E-state index contributed by atoms with van der Waals surface area (Å²) in [5.74, 6) is -1.34. The van der Waals surface area contributed by atoms with E-state index in [1.807, 2.05) is 13.8 Å².